The van der Waals surface area contributed by atoms with Crippen LogP contribution in [0.1, 0.15) is 43.7 Å². The van der Waals surface area contributed by atoms with Crippen LogP contribution in [0, 0.1) is 17.0 Å². The highest BCUT2D eigenvalue weighted by molar-refractivity contribution is 7.07. The number of nitrogens with zero attached hydrogens (tertiary/aromatic N) is 3. The highest BCUT2D eigenvalue weighted by Crippen LogP contribution is 2.32. The predicted molar refractivity (Wildman–Crippen MR) is 152 cm³/mol. The minimum absolute atomic E-state index is 0.00636. The number of hydrogen-bond donors (Lipinski definition) is 0. The summed E-state index contributed by atoms with van der Waals surface area (Å²) < 4.78 is 13.3. The first-order valence-corrected chi connectivity index (χ1v) is 13.6. The second-order valence-electron chi connectivity index (χ2n) is 9.55. The number of carbonyl (C=O) groups is 1. The van der Waals surface area contributed by atoms with Crippen molar-refractivity contribution in [3.63, 3.8) is 0 Å². The number of fused-ring (bicyclic) bond motifs is 1. The predicted octanol–water partition coefficient (Wildman–Crippen LogP) is 5.32. The fourth-order valence-electron chi connectivity index (χ4n) is 4.49. The zero-order valence-corrected chi connectivity index (χ0v) is 23.6. The molecule has 11 heteroatoms. The molecule has 2 aromatic carbocycles. The van der Waals surface area contributed by atoms with Crippen molar-refractivity contribution in [2.45, 2.75) is 39.8 Å². The molecule has 0 fully saturated rings. The number of nitro groups is 1. The van der Waals surface area contributed by atoms with Gasteiger partial charge in [-0.05, 0) is 57.5 Å². The van der Waals surface area contributed by atoms with Crippen molar-refractivity contribution in [3.05, 3.63) is 118 Å². The lowest BCUT2D eigenvalue weighted by atomic mass is 9.96. The fraction of sp³-hybridized carbons (Fsp3) is 0.207. The van der Waals surface area contributed by atoms with Crippen LogP contribution in [0.3, 0.4) is 0 Å². The van der Waals surface area contributed by atoms with Crippen LogP contribution in [0.4, 0.5) is 5.69 Å². The van der Waals surface area contributed by atoms with Crippen molar-refractivity contribution in [1.29, 1.82) is 0 Å². The Morgan fingerprint density at radius 2 is 1.90 bits per heavy atom. The first-order valence-electron chi connectivity index (χ1n) is 12.4. The first kappa shape index (κ1) is 27.3. The van der Waals surface area contributed by atoms with Gasteiger partial charge < -0.3 is 9.15 Å². The quantitative estimate of drug-likeness (QED) is 0.174. The van der Waals surface area contributed by atoms with Crippen molar-refractivity contribution in [3.8, 4) is 11.3 Å². The summed E-state index contributed by atoms with van der Waals surface area (Å²) in [4.78, 5) is 42.9. The normalized spacial score (nSPS) is 15.2. The number of esters is 1. The maximum Gasteiger partial charge on any atom is 0.338 e. The van der Waals surface area contributed by atoms with Gasteiger partial charge in [0.2, 0.25) is 0 Å². The van der Waals surface area contributed by atoms with E-state index in [4.69, 9.17) is 20.8 Å². The maximum atomic E-state index is 13.8. The summed E-state index contributed by atoms with van der Waals surface area (Å²) in [6, 6.07) is 14.4. The van der Waals surface area contributed by atoms with Crippen LogP contribution in [0.15, 0.2) is 80.1 Å². The van der Waals surface area contributed by atoms with Gasteiger partial charge in [-0.2, -0.15) is 0 Å². The Balaban J connectivity index is 1.61. The molecule has 5 rings (SSSR count). The van der Waals surface area contributed by atoms with Gasteiger partial charge in [0.25, 0.3) is 11.2 Å². The molecule has 9 nitrogen and oxygen atoms in total. The standard InChI is InChI=1S/C29H24ClN3O6S/c1-15(2)38-28(35)25-17(4)31-29-32(26(25)18-7-9-20(30)10-8-18)27(34)24(40-29)14-21-11-12-23(39-21)19-6-5-16(3)22(13-19)33(36)37/h5-15,26H,1-4H3. The number of aromatic nitrogens is 1. The molecule has 0 saturated carbocycles. The average Bonchev–Trinajstić information content (AvgIpc) is 3.48. The molecular formula is C29H24ClN3O6S. The smallest absolute Gasteiger partial charge is 0.338 e. The number of aryl methyl sites for hydroxylation is 1. The fourth-order valence-corrected chi connectivity index (χ4v) is 5.65. The Bertz CT molecular complexity index is 1860. The lowest BCUT2D eigenvalue weighted by Gasteiger charge is -2.25. The Kier molecular flexibility index (Phi) is 7.31. The van der Waals surface area contributed by atoms with Gasteiger partial charge in [0.15, 0.2) is 4.80 Å². The third-order valence-electron chi connectivity index (χ3n) is 6.36. The average molecular weight is 578 g/mol. The molecule has 1 atom stereocenters. The Morgan fingerprint density at radius 3 is 2.58 bits per heavy atom. The van der Waals surface area contributed by atoms with E-state index < -0.39 is 16.9 Å². The molecule has 1 unspecified atom stereocenters. The van der Waals surface area contributed by atoms with Crippen molar-refractivity contribution < 1.29 is 18.9 Å². The molecule has 40 heavy (non-hydrogen) atoms. The summed E-state index contributed by atoms with van der Waals surface area (Å²) in [5.41, 5.74) is 2.15. The first-order chi connectivity index (χ1) is 19.0. The number of benzene rings is 2. The van der Waals surface area contributed by atoms with Crippen LogP contribution in [0.2, 0.25) is 5.02 Å². The number of rotatable bonds is 6. The molecule has 0 aliphatic carbocycles. The van der Waals surface area contributed by atoms with E-state index in [1.54, 1.807) is 82.3 Å². The minimum atomic E-state index is -0.762. The zero-order valence-electron chi connectivity index (χ0n) is 22.0. The number of nitro benzene ring substituents is 1. The highest BCUT2D eigenvalue weighted by atomic mass is 35.5. The highest BCUT2D eigenvalue weighted by Gasteiger charge is 2.33. The van der Waals surface area contributed by atoms with Gasteiger partial charge in [0.1, 0.15) is 11.5 Å². The maximum absolute atomic E-state index is 13.8. The van der Waals surface area contributed by atoms with Crippen molar-refractivity contribution in [1.82, 2.24) is 4.57 Å². The molecule has 3 heterocycles. The van der Waals surface area contributed by atoms with Gasteiger partial charge in [0.05, 0.1) is 32.9 Å². The van der Waals surface area contributed by atoms with Gasteiger partial charge in [-0.3, -0.25) is 19.5 Å². The van der Waals surface area contributed by atoms with E-state index in [2.05, 4.69) is 4.99 Å². The Labute approximate surface area is 237 Å². The number of thiazole rings is 1. The molecule has 0 saturated heterocycles. The number of allylic oxidation sites excluding steroid dienone is 1. The second-order valence-corrected chi connectivity index (χ2v) is 11.0. The largest absolute Gasteiger partial charge is 0.459 e. The third kappa shape index (κ3) is 5.15. The molecule has 4 aromatic rings. The number of furan rings is 1. The van der Waals surface area contributed by atoms with E-state index in [0.29, 0.717) is 48.3 Å². The van der Waals surface area contributed by atoms with Gasteiger partial charge in [-0.25, -0.2) is 9.79 Å². The monoisotopic (exact) mass is 577 g/mol. The van der Waals surface area contributed by atoms with E-state index in [0.717, 1.165) is 0 Å². The van der Waals surface area contributed by atoms with Crippen LogP contribution in [-0.2, 0) is 9.53 Å². The van der Waals surface area contributed by atoms with Crippen LogP contribution in [0.25, 0.3) is 17.4 Å². The van der Waals surface area contributed by atoms with E-state index >= 15 is 0 Å². The van der Waals surface area contributed by atoms with Crippen LogP contribution < -0.4 is 14.9 Å². The number of carbonyl (C=O) groups excluding carboxylic acids is 1. The van der Waals surface area contributed by atoms with Gasteiger partial charge in [-0.15, -0.1) is 0 Å². The van der Waals surface area contributed by atoms with Gasteiger partial charge in [-0.1, -0.05) is 47.2 Å². The molecule has 0 bridgehead atoms. The lowest BCUT2D eigenvalue weighted by Crippen LogP contribution is -2.40. The zero-order chi connectivity index (χ0) is 28.7. The summed E-state index contributed by atoms with van der Waals surface area (Å²) in [6.07, 6.45) is 1.24. The molecule has 204 valence electrons. The number of hydrogen-bond acceptors (Lipinski definition) is 8. The van der Waals surface area contributed by atoms with E-state index in [9.17, 15) is 19.7 Å². The minimum Gasteiger partial charge on any atom is -0.459 e. The summed E-state index contributed by atoms with van der Waals surface area (Å²) >= 11 is 7.28. The second kappa shape index (κ2) is 10.7. The SMILES string of the molecule is CC1=C(C(=O)OC(C)C)C(c2ccc(Cl)cc2)n2c(sc(=Cc3ccc(-c4ccc(C)c([N+](=O)[O-])c4)o3)c2=O)=N1. The molecular weight excluding hydrogens is 554 g/mol. The van der Waals surface area contributed by atoms with Crippen LogP contribution >= 0.6 is 22.9 Å². The summed E-state index contributed by atoms with van der Waals surface area (Å²) in [5.74, 6) is 0.269. The van der Waals surface area contributed by atoms with Crippen LogP contribution in [-0.4, -0.2) is 21.6 Å². The number of halogens is 1. The van der Waals surface area contributed by atoms with E-state index in [1.165, 1.54) is 22.0 Å². The van der Waals surface area contributed by atoms with Crippen LogP contribution in [0.5, 0.6) is 0 Å². The van der Waals surface area contributed by atoms with Crippen molar-refractivity contribution in [2.75, 3.05) is 0 Å². The third-order valence-corrected chi connectivity index (χ3v) is 7.60. The summed E-state index contributed by atoms with van der Waals surface area (Å²) in [5, 5.41) is 11.9. The Morgan fingerprint density at radius 1 is 1.18 bits per heavy atom. The molecule has 0 radical (unpaired) electrons. The molecule has 0 spiro atoms. The van der Waals surface area contributed by atoms with Crippen molar-refractivity contribution >= 4 is 40.7 Å². The number of ether oxygens (including phenoxy) is 1. The summed E-state index contributed by atoms with van der Waals surface area (Å²) in [6.45, 7) is 6.90. The van der Waals surface area contributed by atoms with Gasteiger partial charge >= 0.3 is 5.97 Å². The Hall–Kier alpha value is -4.28. The van der Waals surface area contributed by atoms with E-state index in [1.807, 2.05) is 0 Å². The van der Waals surface area contributed by atoms with E-state index in [-0.39, 0.29) is 22.9 Å². The van der Waals surface area contributed by atoms with Crippen molar-refractivity contribution in [2.24, 2.45) is 4.99 Å². The lowest BCUT2D eigenvalue weighted by molar-refractivity contribution is -0.385. The molecule has 0 N–H and O–H groups in total. The topological polar surface area (TPSA) is 117 Å². The van der Waals surface area contributed by atoms with Gasteiger partial charge in [0, 0.05) is 28.3 Å². The molecule has 1 aliphatic rings. The molecule has 1 aliphatic heterocycles. The molecule has 0 amide bonds. The molecule has 2 aromatic heterocycles. The summed E-state index contributed by atoms with van der Waals surface area (Å²) in [7, 11) is 0.